The van der Waals surface area contributed by atoms with Crippen LogP contribution in [0.3, 0.4) is 0 Å². The average molecular weight is 477 g/mol. The van der Waals surface area contributed by atoms with E-state index in [4.69, 9.17) is 18.9 Å². The number of fused-ring (bicyclic) bond motifs is 1. The minimum atomic E-state index is -0.974. The molecule has 3 aromatic rings. The first-order valence-corrected chi connectivity index (χ1v) is 11.7. The number of hydrogen-bond acceptors (Lipinski definition) is 6. The zero-order valence-corrected chi connectivity index (χ0v) is 20.6. The van der Waals surface area contributed by atoms with Crippen LogP contribution in [-0.2, 0) is 13.0 Å². The second-order valence-corrected chi connectivity index (χ2v) is 8.96. The summed E-state index contributed by atoms with van der Waals surface area (Å²) in [5.74, 6) is 2.73. The molecule has 1 heterocycles. The average Bonchev–Trinajstić information content (AvgIpc) is 2.86. The van der Waals surface area contributed by atoms with Gasteiger partial charge in [-0.1, -0.05) is 37.3 Å². The van der Waals surface area contributed by atoms with Gasteiger partial charge in [-0.05, 0) is 56.2 Å². The van der Waals surface area contributed by atoms with Crippen molar-refractivity contribution in [1.29, 1.82) is 0 Å². The molecular formula is C29H32O6. The predicted molar refractivity (Wildman–Crippen MR) is 135 cm³/mol. The normalized spacial score (nSPS) is 14.6. The van der Waals surface area contributed by atoms with Crippen LogP contribution in [0.5, 0.6) is 28.7 Å². The number of methoxy groups -OCH3 is 1. The minimum absolute atomic E-state index is 0.0551. The van der Waals surface area contributed by atoms with E-state index in [1.54, 1.807) is 6.07 Å². The number of aliphatic hydroxyl groups is 2. The van der Waals surface area contributed by atoms with Crippen LogP contribution in [0.4, 0.5) is 0 Å². The highest BCUT2D eigenvalue weighted by molar-refractivity contribution is 5.72. The quantitative estimate of drug-likeness (QED) is 0.404. The van der Waals surface area contributed by atoms with Gasteiger partial charge in [0.15, 0.2) is 0 Å². The van der Waals surface area contributed by atoms with Crippen LogP contribution in [0, 0.1) is 0 Å². The Labute approximate surface area is 206 Å². The molecule has 4 rings (SSSR count). The van der Waals surface area contributed by atoms with Crippen molar-refractivity contribution in [2.45, 2.75) is 45.5 Å². The largest absolute Gasteiger partial charge is 0.496 e. The molecule has 6 nitrogen and oxygen atoms in total. The van der Waals surface area contributed by atoms with E-state index in [9.17, 15) is 10.2 Å². The molecular weight excluding hydrogens is 444 g/mol. The molecule has 35 heavy (non-hydrogen) atoms. The number of aryl methyl sites for hydroxylation is 1. The smallest absolute Gasteiger partial charge is 0.139 e. The molecule has 0 fully saturated rings. The zero-order valence-electron chi connectivity index (χ0n) is 20.6. The molecule has 6 heteroatoms. The van der Waals surface area contributed by atoms with Crippen LogP contribution in [-0.4, -0.2) is 29.5 Å². The molecule has 0 saturated heterocycles. The number of ether oxygens (including phenoxy) is 4. The fourth-order valence-corrected chi connectivity index (χ4v) is 4.04. The van der Waals surface area contributed by atoms with Gasteiger partial charge in [0.1, 0.15) is 47.1 Å². The fourth-order valence-electron chi connectivity index (χ4n) is 4.04. The Balaban J connectivity index is 1.64. The van der Waals surface area contributed by atoms with Crippen molar-refractivity contribution in [3.8, 4) is 28.7 Å². The first-order chi connectivity index (χ1) is 16.8. The van der Waals surface area contributed by atoms with E-state index in [0.717, 1.165) is 12.0 Å². The van der Waals surface area contributed by atoms with E-state index in [0.29, 0.717) is 45.4 Å². The van der Waals surface area contributed by atoms with Gasteiger partial charge < -0.3 is 29.2 Å². The second kappa shape index (κ2) is 10.4. The maximum Gasteiger partial charge on any atom is 0.139 e. The summed E-state index contributed by atoms with van der Waals surface area (Å²) in [4.78, 5) is 0. The molecule has 0 saturated carbocycles. The van der Waals surface area contributed by atoms with Gasteiger partial charge in [0.2, 0.25) is 0 Å². The summed E-state index contributed by atoms with van der Waals surface area (Å²) in [6.07, 6.45) is 3.72. The Morgan fingerprint density at radius 1 is 1.03 bits per heavy atom. The molecule has 0 spiro atoms. The number of para-hydroxylation sites is 1. The maximum absolute atomic E-state index is 11.1. The number of benzene rings is 3. The third-order valence-electron chi connectivity index (χ3n) is 5.95. The first-order valence-electron chi connectivity index (χ1n) is 11.7. The van der Waals surface area contributed by atoms with Gasteiger partial charge in [-0.2, -0.15) is 0 Å². The highest BCUT2D eigenvalue weighted by Crippen LogP contribution is 2.44. The van der Waals surface area contributed by atoms with Gasteiger partial charge in [-0.25, -0.2) is 0 Å². The van der Waals surface area contributed by atoms with Crippen molar-refractivity contribution in [3.63, 3.8) is 0 Å². The van der Waals surface area contributed by atoms with Crippen molar-refractivity contribution >= 4 is 6.08 Å². The molecule has 1 atom stereocenters. The Hall–Kier alpha value is -3.48. The summed E-state index contributed by atoms with van der Waals surface area (Å²) in [6, 6.07) is 17.0. The Bertz CT molecular complexity index is 1200. The molecule has 0 amide bonds. The topological polar surface area (TPSA) is 77.4 Å². The Kier molecular flexibility index (Phi) is 7.34. The molecule has 184 valence electrons. The van der Waals surface area contributed by atoms with Crippen LogP contribution in [0.25, 0.3) is 6.08 Å². The van der Waals surface area contributed by atoms with E-state index in [-0.39, 0.29) is 13.2 Å². The number of aliphatic hydroxyl groups excluding tert-OH is 2. The van der Waals surface area contributed by atoms with Crippen LogP contribution in [0.1, 0.15) is 49.1 Å². The molecule has 0 aromatic heterocycles. The lowest BCUT2D eigenvalue weighted by molar-refractivity contribution is 0.103. The first kappa shape index (κ1) is 24.6. The monoisotopic (exact) mass is 476 g/mol. The third-order valence-corrected chi connectivity index (χ3v) is 5.95. The van der Waals surface area contributed by atoms with Crippen LogP contribution in [0.2, 0.25) is 0 Å². The maximum atomic E-state index is 11.1. The van der Waals surface area contributed by atoms with E-state index in [2.05, 4.69) is 6.92 Å². The molecule has 0 aliphatic carbocycles. The highest BCUT2D eigenvalue weighted by atomic mass is 16.5. The van der Waals surface area contributed by atoms with E-state index in [1.165, 1.54) is 7.11 Å². The lowest BCUT2D eigenvalue weighted by Crippen LogP contribution is -2.28. The number of rotatable bonds is 9. The summed E-state index contributed by atoms with van der Waals surface area (Å²) in [7, 11) is 1.53. The SMILES string of the molecule is CCc1ccc(C(O)COc2c3c(cc(OC)c2CO)OC(C)(C)C=C3)c(Oc2ccccc2)c1. The van der Waals surface area contributed by atoms with Gasteiger partial charge in [0.05, 0.1) is 24.8 Å². The molecule has 0 bridgehead atoms. The summed E-state index contributed by atoms with van der Waals surface area (Å²) in [5.41, 5.74) is 2.42. The molecule has 2 N–H and O–H groups in total. The standard InChI is InChI=1S/C29H32O6/c1-5-19-11-12-21(26(15-19)34-20-9-7-6-8-10-20)24(31)18-33-28-22-13-14-29(2,3)35-27(22)16-25(32-4)23(28)17-30/h6-16,24,30-31H,5,17-18H2,1-4H3. The Morgan fingerprint density at radius 2 is 1.80 bits per heavy atom. The van der Waals surface area contributed by atoms with Gasteiger partial charge in [0, 0.05) is 11.6 Å². The summed E-state index contributed by atoms with van der Waals surface area (Å²) in [5, 5.41) is 21.2. The molecule has 1 aliphatic heterocycles. The Morgan fingerprint density at radius 3 is 2.49 bits per heavy atom. The van der Waals surface area contributed by atoms with E-state index < -0.39 is 11.7 Å². The molecule has 1 unspecified atom stereocenters. The van der Waals surface area contributed by atoms with Crippen LogP contribution >= 0.6 is 0 Å². The summed E-state index contributed by atoms with van der Waals surface area (Å²) < 4.78 is 23.8. The summed E-state index contributed by atoms with van der Waals surface area (Å²) >= 11 is 0. The van der Waals surface area contributed by atoms with Crippen LogP contribution in [0.15, 0.2) is 60.7 Å². The molecule has 1 aliphatic rings. The molecule has 3 aromatic carbocycles. The predicted octanol–water partition coefficient (Wildman–Crippen LogP) is 5.84. The highest BCUT2D eigenvalue weighted by Gasteiger charge is 2.28. The van der Waals surface area contributed by atoms with Crippen molar-refractivity contribution in [3.05, 3.63) is 82.9 Å². The minimum Gasteiger partial charge on any atom is -0.496 e. The van der Waals surface area contributed by atoms with Crippen LogP contribution < -0.4 is 18.9 Å². The van der Waals surface area contributed by atoms with Crippen molar-refractivity contribution in [1.82, 2.24) is 0 Å². The van der Waals surface area contributed by atoms with Crippen molar-refractivity contribution in [2.75, 3.05) is 13.7 Å². The van der Waals surface area contributed by atoms with Crippen molar-refractivity contribution in [2.24, 2.45) is 0 Å². The molecule has 0 radical (unpaired) electrons. The fraction of sp³-hybridized carbons (Fsp3) is 0.310. The zero-order chi connectivity index (χ0) is 25.0. The van der Waals surface area contributed by atoms with Gasteiger partial charge in [-0.3, -0.25) is 0 Å². The second-order valence-electron chi connectivity index (χ2n) is 8.96. The third kappa shape index (κ3) is 5.45. The van der Waals surface area contributed by atoms with Crippen molar-refractivity contribution < 1.29 is 29.2 Å². The van der Waals surface area contributed by atoms with Gasteiger partial charge >= 0.3 is 0 Å². The summed E-state index contributed by atoms with van der Waals surface area (Å²) in [6.45, 7) is 5.64. The van der Waals surface area contributed by atoms with Gasteiger partial charge in [-0.15, -0.1) is 0 Å². The van der Waals surface area contributed by atoms with Gasteiger partial charge in [0.25, 0.3) is 0 Å². The lowest BCUT2D eigenvalue weighted by Gasteiger charge is -2.30. The van der Waals surface area contributed by atoms with E-state index >= 15 is 0 Å². The lowest BCUT2D eigenvalue weighted by atomic mass is 9.99. The van der Waals surface area contributed by atoms with E-state index in [1.807, 2.05) is 74.5 Å². The number of hydrogen-bond donors (Lipinski definition) is 2.